The van der Waals surface area contributed by atoms with Gasteiger partial charge in [-0.2, -0.15) is 0 Å². The molecule has 0 radical (unpaired) electrons. The fourth-order valence-electron chi connectivity index (χ4n) is 1.04. The summed E-state index contributed by atoms with van der Waals surface area (Å²) in [5.41, 5.74) is 1.80. The van der Waals surface area contributed by atoms with Crippen molar-refractivity contribution in [3.63, 3.8) is 0 Å². The number of rotatable bonds is 1. The topological polar surface area (TPSA) is 25.8 Å². The Bertz CT molecular complexity index is 356. The molecule has 0 aliphatic rings. The van der Waals surface area contributed by atoms with Crippen molar-refractivity contribution < 1.29 is 0 Å². The predicted octanol–water partition coefficient (Wildman–Crippen LogP) is 2.28. The van der Waals surface area contributed by atoms with Gasteiger partial charge in [0, 0.05) is 11.6 Å². The number of hydrogen-bond donors (Lipinski definition) is 0. The van der Waals surface area contributed by atoms with E-state index in [4.69, 9.17) is 0 Å². The van der Waals surface area contributed by atoms with Crippen molar-refractivity contribution in [2.75, 3.05) is 0 Å². The van der Waals surface area contributed by atoms with E-state index in [0.717, 1.165) is 17.2 Å². The van der Waals surface area contributed by atoms with Crippen molar-refractivity contribution in [1.82, 2.24) is 9.97 Å². The Morgan fingerprint density at radius 1 is 1.31 bits per heavy atom. The summed E-state index contributed by atoms with van der Waals surface area (Å²) < 4.78 is 0. The molecular formula is C11H14N2. The summed E-state index contributed by atoms with van der Waals surface area (Å²) in [5.74, 6) is 7.01. The van der Waals surface area contributed by atoms with E-state index in [9.17, 15) is 0 Å². The molecule has 0 fully saturated rings. The maximum absolute atomic E-state index is 4.34. The third-order valence-corrected chi connectivity index (χ3v) is 1.64. The van der Waals surface area contributed by atoms with Gasteiger partial charge < -0.3 is 0 Å². The Labute approximate surface area is 79.4 Å². The minimum absolute atomic E-state index is 0.359. The van der Waals surface area contributed by atoms with Gasteiger partial charge in [0.2, 0.25) is 0 Å². The molecule has 2 heteroatoms. The molecule has 1 aromatic heterocycles. The van der Waals surface area contributed by atoms with Gasteiger partial charge in [-0.25, -0.2) is 9.97 Å². The molecule has 1 aromatic rings. The van der Waals surface area contributed by atoms with Gasteiger partial charge in [0.1, 0.15) is 11.5 Å². The average Bonchev–Trinajstić information content (AvgIpc) is 2.03. The first-order chi connectivity index (χ1) is 6.13. The Kier molecular flexibility index (Phi) is 3.02. The zero-order valence-corrected chi connectivity index (χ0v) is 8.55. The lowest BCUT2D eigenvalue weighted by Crippen LogP contribution is -2.01. The summed E-state index contributed by atoms with van der Waals surface area (Å²) in [6, 6.07) is 1.91. The Hall–Kier alpha value is -1.36. The third kappa shape index (κ3) is 2.55. The molecule has 0 atom stereocenters. The van der Waals surface area contributed by atoms with Gasteiger partial charge in [-0.1, -0.05) is 19.8 Å². The molecule has 13 heavy (non-hydrogen) atoms. The summed E-state index contributed by atoms with van der Waals surface area (Å²) in [6.45, 7) is 7.94. The van der Waals surface area contributed by atoms with E-state index in [1.165, 1.54) is 0 Å². The van der Waals surface area contributed by atoms with E-state index in [1.807, 2.05) is 19.9 Å². The lowest BCUT2D eigenvalue weighted by Gasteiger charge is -2.04. The van der Waals surface area contributed by atoms with E-state index in [-0.39, 0.29) is 0 Å². The zero-order valence-electron chi connectivity index (χ0n) is 8.55. The highest BCUT2D eigenvalue weighted by Crippen LogP contribution is 2.09. The van der Waals surface area contributed by atoms with Gasteiger partial charge in [0.25, 0.3) is 0 Å². The van der Waals surface area contributed by atoms with Crippen LogP contribution >= 0.6 is 0 Å². The first-order valence-electron chi connectivity index (χ1n) is 4.42. The van der Waals surface area contributed by atoms with E-state index in [2.05, 4.69) is 35.7 Å². The van der Waals surface area contributed by atoms with Crippen molar-refractivity contribution in [2.45, 2.75) is 33.6 Å². The molecule has 0 saturated heterocycles. The molecule has 0 spiro atoms. The first-order valence-corrected chi connectivity index (χ1v) is 4.42. The second-order valence-electron chi connectivity index (χ2n) is 3.28. The molecule has 0 aliphatic carbocycles. The van der Waals surface area contributed by atoms with E-state index in [1.54, 1.807) is 0 Å². The SMILES string of the molecule is CC#Cc1cc(C)nc(C(C)C)n1. The highest BCUT2D eigenvalue weighted by molar-refractivity contribution is 5.28. The summed E-state index contributed by atoms with van der Waals surface area (Å²) in [6.07, 6.45) is 0. The first kappa shape index (κ1) is 9.73. The third-order valence-electron chi connectivity index (χ3n) is 1.64. The molecule has 0 N–H and O–H groups in total. The van der Waals surface area contributed by atoms with Gasteiger partial charge in [0.05, 0.1) is 0 Å². The van der Waals surface area contributed by atoms with Gasteiger partial charge in [-0.3, -0.25) is 0 Å². The monoisotopic (exact) mass is 174 g/mol. The van der Waals surface area contributed by atoms with Crippen LogP contribution in [0.2, 0.25) is 0 Å². The largest absolute Gasteiger partial charge is 0.238 e. The molecule has 0 aliphatic heterocycles. The summed E-state index contributed by atoms with van der Waals surface area (Å²) in [7, 11) is 0. The van der Waals surface area contributed by atoms with E-state index in [0.29, 0.717) is 5.92 Å². The van der Waals surface area contributed by atoms with Crippen LogP contribution in [0.3, 0.4) is 0 Å². The molecule has 68 valence electrons. The minimum atomic E-state index is 0.359. The van der Waals surface area contributed by atoms with Crippen LogP contribution in [0.15, 0.2) is 6.07 Å². The van der Waals surface area contributed by atoms with Crippen LogP contribution in [0.5, 0.6) is 0 Å². The van der Waals surface area contributed by atoms with Gasteiger partial charge in [-0.05, 0) is 25.8 Å². The van der Waals surface area contributed by atoms with E-state index >= 15 is 0 Å². The number of aromatic nitrogens is 2. The van der Waals surface area contributed by atoms with Gasteiger partial charge in [-0.15, -0.1) is 0 Å². The summed E-state index contributed by atoms with van der Waals surface area (Å²) >= 11 is 0. The van der Waals surface area contributed by atoms with Gasteiger partial charge in [0.15, 0.2) is 0 Å². The van der Waals surface area contributed by atoms with Crippen molar-refractivity contribution >= 4 is 0 Å². The molecule has 0 amide bonds. The van der Waals surface area contributed by atoms with Crippen LogP contribution in [0, 0.1) is 18.8 Å². The lowest BCUT2D eigenvalue weighted by atomic mass is 10.2. The fourth-order valence-corrected chi connectivity index (χ4v) is 1.04. The van der Waals surface area contributed by atoms with Crippen LogP contribution in [-0.2, 0) is 0 Å². The molecule has 1 rings (SSSR count). The summed E-state index contributed by atoms with van der Waals surface area (Å²) in [4.78, 5) is 8.67. The molecule has 0 aromatic carbocycles. The zero-order chi connectivity index (χ0) is 9.84. The summed E-state index contributed by atoms with van der Waals surface area (Å²) in [5, 5.41) is 0. The van der Waals surface area contributed by atoms with Crippen LogP contribution in [0.4, 0.5) is 0 Å². The maximum atomic E-state index is 4.34. The Balaban J connectivity index is 3.16. The molecule has 0 bridgehead atoms. The van der Waals surface area contributed by atoms with Gasteiger partial charge >= 0.3 is 0 Å². The van der Waals surface area contributed by atoms with Crippen molar-refractivity contribution in [2.24, 2.45) is 0 Å². The highest BCUT2D eigenvalue weighted by atomic mass is 14.9. The highest BCUT2D eigenvalue weighted by Gasteiger charge is 2.04. The van der Waals surface area contributed by atoms with Crippen LogP contribution in [0.1, 0.15) is 43.9 Å². The van der Waals surface area contributed by atoms with Crippen LogP contribution in [0.25, 0.3) is 0 Å². The standard InChI is InChI=1S/C11H14N2/c1-5-6-10-7-9(4)12-11(13-10)8(2)3/h7-8H,1-4H3. The van der Waals surface area contributed by atoms with Crippen molar-refractivity contribution in [3.8, 4) is 11.8 Å². The lowest BCUT2D eigenvalue weighted by molar-refractivity contribution is 0.763. The second kappa shape index (κ2) is 4.04. The van der Waals surface area contributed by atoms with Crippen molar-refractivity contribution in [1.29, 1.82) is 0 Å². The minimum Gasteiger partial charge on any atom is -0.238 e. The number of hydrogen-bond acceptors (Lipinski definition) is 2. The maximum Gasteiger partial charge on any atom is 0.132 e. The molecule has 0 unspecified atom stereocenters. The van der Waals surface area contributed by atoms with Crippen LogP contribution in [-0.4, -0.2) is 9.97 Å². The number of aryl methyl sites for hydroxylation is 1. The van der Waals surface area contributed by atoms with E-state index < -0.39 is 0 Å². The molecule has 2 nitrogen and oxygen atoms in total. The predicted molar refractivity (Wildman–Crippen MR) is 53.4 cm³/mol. The quantitative estimate of drug-likeness (QED) is 0.610. The second-order valence-corrected chi connectivity index (χ2v) is 3.28. The fraction of sp³-hybridized carbons (Fsp3) is 0.455. The Morgan fingerprint density at radius 2 is 2.00 bits per heavy atom. The normalized spacial score (nSPS) is 9.62. The molecular weight excluding hydrogens is 160 g/mol. The van der Waals surface area contributed by atoms with Crippen molar-refractivity contribution in [3.05, 3.63) is 23.3 Å². The van der Waals surface area contributed by atoms with Crippen LogP contribution < -0.4 is 0 Å². The molecule has 1 heterocycles. The number of nitrogens with zero attached hydrogens (tertiary/aromatic N) is 2. The Morgan fingerprint density at radius 3 is 2.54 bits per heavy atom. The molecule has 0 saturated carbocycles. The smallest absolute Gasteiger partial charge is 0.132 e. The average molecular weight is 174 g/mol.